The monoisotopic (exact) mass is 510 g/mol. The number of carbonyl (C=O) groups excluding carboxylic acids is 1. The number of amides is 1. The van der Waals surface area contributed by atoms with Gasteiger partial charge in [-0.15, -0.1) is 0 Å². The standard InChI is InChI=1S/C24H35ClN4O4S/c1-18(2)29(11-13-34(31,32)28-17-24(3,4)5)23(30)19-14-20(25)16-22(15-19)33-12-10-27-21-6-8-26-9-7-21/h6-9,14-16,18,28H,10-13,17H2,1-5H3,(H,26,27). The summed E-state index contributed by atoms with van der Waals surface area (Å²) in [5, 5.41) is 3.58. The molecule has 1 amide bonds. The highest BCUT2D eigenvalue weighted by Crippen LogP contribution is 2.23. The number of anilines is 1. The molecule has 0 bridgehead atoms. The smallest absolute Gasteiger partial charge is 0.254 e. The SMILES string of the molecule is CC(C)N(CCS(=O)(=O)NCC(C)(C)C)C(=O)c1cc(Cl)cc(OCCNc2ccncc2)c1. The van der Waals surface area contributed by atoms with Crippen LogP contribution in [0.5, 0.6) is 5.75 Å². The highest BCUT2D eigenvalue weighted by molar-refractivity contribution is 7.89. The number of hydrogen-bond donors (Lipinski definition) is 2. The summed E-state index contributed by atoms with van der Waals surface area (Å²) >= 11 is 6.24. The van der Waals surface area contributed by atoms with E-state index in [2.05, 4.69) is 15.0 Å². The first-order chi connectivity index (χ1) is 15.9. The van der Waals surface area contributed by atoms with Crippen molar-refractivity contribution in [2.75, 3.05) is 37.3 Å². The molecule has 0 aliphatic rings. The van der Waals surface area contributed by atoms with Crippen molar-refractivity contribution in [2.24, 2.45) is 5.41 Å². The lowest BCUT2D eigenvalue weighted by Gasteiger charge is -2.27. The van der Waals surface area contributed by atoms with Crippen molar-refractivity contribution in [3.63, 3.8) is 0 Å². The molecular weight excluding hydrogens is 476 g/mol. The first-order valence-corrected chi connectivity index (χ1v) is 13.2. The Kier molecular flexibility index (Phi) is 10.1. The maximum Gasteiger partial charge on any atom is 0.254 e. The number of nitrogens with one attached hydrogen (secondary N) is 2. The van der Waals surface area contributed by atoms with E-state index in [4.69, 9.17) is 16.3 Å². The van der Waals surface area contributed by atoms with Crippen molar-refractivity contribution in [1.29, 1.82) is 0 Å². The quantitative estimate of drug-likeness (QED) is 0.418. The minimum absolute atomic E-state index is 0.0640. The van der Waals surface area contributed by atoms with E-state index < -0.39 is 10.0 Å². The Bertz CT molecular complexity index is 1040. The van der Waals surface area contributed by atoms with Gasteiger partial charge in [-0.05, 0) is 49.6 Å². The van der Waals surface area contributed by atoms with Gasteiger partial charge in [-0.2, -0.15) is 0 Å². The van der Waals surface area contributed by atoms with Gasteiger partial charge in [0, 0.05) is 54.3 Å². The number of hydrogen-bond acceptors (Lipinski definition) is 6. The molecule has 2 rings (SSSR count). The molecule has 1 heterocycles. The number of rotatable bonds is 12. The first kappa shape index (κ1) is 27.9. The molecular formula is C24H35ClN4O4S. The van der Waals surface area contributed by atoms with Gasteiger partial charge < -0.3 is 15.0 Å². The summed E-state index contributed by atoms with van der Waals surface area (Å²) < 4.78 is 33.2. The zero-order valence-electron chi connectivity index (χ0n) is 20.5. The lowest BCUT2D eigenvalue weighted by molar-refractivity contribution is 0.0717. The molecule has 0 aliphatic heterocycles. The highest BCUT2D eigenvalue weighted by atomic mass is 35.5. The predicted octanol–water partition coefficient (Wildman–Crippen LogP) is 4.04. The van der Waals surface area contributed by atoms with Gasteiger partial charge in [-0.1, -0.05) is 32.4 Å². The molecule has 0 aliphatic carbocycles. The van der Waals surface area contributed by atoms with Gasteiger partial charge in [-0.25, -0.2) is 13.1 Å². The van der Waals surface area contributed by atoms with Crippen molar-refractivity contribution in [3.8, 4) is 5.75 Å². The van der Waals surface area contributed by atoms with Gasteiger partial charge in [-0.3, -0.25) is 9.78 Å². The molecule has 1 aromatic heterocycles. The molecule has 0 saturated heterocycles. The van der Waals surface area contributed by atoms with Gasteiger partial charge >= 0.3 is 0 Å². The Balaban J connectivity index is 2.01. The Hall–Kier alpha value is -2.36. The summed E-state index contributed by atoms with van der Waals surface area (Å²) in [4.78, 5) is 18.7. The van der Waals surface area contributed by atoms with E-state index in [1.54, 1.807) is 30.6 Å². The minimum Gasteiger partial charge on any atom is -0.492 e. The average molecular weight is 511 g/mol. The predicted molar refractivity (Wildman–Crippen MR) is 137 cm³/mol. The van der Waals surface area contributed by atoms with Crippen LogP contribution in [0.15, 0.2) is 42.7 Å². The zero-order chi connectivity index (χ0) is 25.4. The zero-order valence-corrected chi connectivity index (χ0v) is 22.0. The molecule has 8 nitrogen and oxygen atoms in total. The van der Waals surface area contributed by atoms with Gasteiger partial charge in [0.05, 0.1) is 5.75 Å². The average Bonchev–Trinajstić information content (AvgIpc) is 2.75. The fourth-order valence-corrected chi connectivity index (χ4v) is 4.44. The van der Waals surface area contributed by atoms with E-state index in [0.29, 0.717) is 36.0 Å². The summed E-state index contributed by atoms with van der Waals surface area (Å²) in [5.74, 6) is -0.0174. The maximum absolute atomic E-state index is 13.2. The van der Waals surface area contributed by atoms with E-state index in [1.807, 2.05) is 46.8 Å². The Morgan fingerprint density at radius 2 is 1.85 bits per heavy atom. The summed E-state index contributed by atoms with van der Waals surface area (Å²) in [6.45, 7) is 10.9. The lowest BCUT2D eigenvalue weighted by Crippen LogP contribution is -2.43. The number of ether oxygens (including phenoxy) is 1. The van der Waals surface area contributed by atoms with Crippen molar-refractivity contribution >= 4 is 33.2 Å². The molecule has 0 atom stereocenters. The molecule has 0 spiro atoms. The molecule has 0 fully saturated rings. The van der Waals surface area contributed by atoms with E-state index in [-0.39, 0.29) is 29.7 Å². The van der Waals surface area contributed by atoms with Crippen LogP contribution in [0.2, 0.25) is 5.02 Å². The number of sulfonamides is 1. The molecule has 10 heteroatoms. The fourth-order valence-electron chi connectivity index (χ4n) is 2.98. The summed E-state index contributed by atoms with van der Waals surface area (Å²) in [6, 6.07) is 8.35. The highest BCUT2D eigenvalue weighted by Gasteiger charge is 2.23. The summed E-state index contributed by atoms with van der Waals surface area (Å²) in [5.41, 5.74) is 1.10. The van der Waals surface area contributed by atoms with Crippen LogP contribution in [-0.4, -0.2) is 62.2 Å². The topological polar surface area (TPSA) is 101 Å². The Labute approximate surface area is 208 Å². The van der Waals surface area contributed by atoms with E-state index in [1.165, 1.54) is 4.90 Å². The minimum atomic E-state index is -3.52. The Morgan fingerprint density at radius 1 is 1.18 bits per heavy atom. The molecule has 1 aromatic carbocycles. The largest absolute Gasteiger partial charge is 0.492 e. The molecule has 2 N–H and O–H groups in total. The maximum atomic E-state index is 13.2. The third-order valence-corrected chi connectivity index (χ3v) is 6.33. The lowest BCUT2D eigenvalue weighted by atomic mass is 9.98. The van der Waals surface area contributed by atoms with Crippen LogP contribution < -0.4 is 14.8 Å². The second-order valence-electron chi connectivity index (χ2n) is 9.48. The van der Waals surface area contributed by atoms with E-state index in [0.717, 1.165) is 5.69 Å². The number of carbonyl (C=O) groups is 1. The number of benzene rings is 1. The molecule has 0 unspecified atom stereocenters. The van der Waals surface area contributed by atoms with Crippen LogP contribution in [0, 0.1) is 5.41 Å². The number of pyridine rings is 1. The van der Waals surface area contributed by atoms with Gasteiger partial charge in [0.15, 0.2) is 0 Å². The molecule has 0 radical (unpaired) electrons. The fraction of sp³-hybridized carbons (Fsp3) is 0.500. The van der Waals surface area contributed by atoms with Gasteiger partial charge in [0.1, 0.15) is 12.4 Å². The van der Waals surface area contributed by atoms with E-state index >= 15 is 0 Å². The van der Waals surface area contributed by atoms with Crippen LogP contribution in [0.3, 0.4) is 0 Å². The number of nitrogens with zero attached hydrogens (tertiary/aromatic N) is 2. The second kappa shape index (κ2) is 12.4. The molecule has 0 saturated carbocycles. The summed E-state index contributed by atoms with van der Waals surface area (Å²) in [7, 11) is -3.52. The van der Waals surface area contributed by atoms with Crippen LogP contribution in [-0.2, 0) is 10.0 Å². The molecule has 188 valence electrons. The number of aromatic nitrogens is 1. The third-order valence-electron chi connectivity index (χ3n) is 4.81. The Morgan fingerprint density at radius 3 is 2.47 bits per heavy atom. The molecule has 2 aromatic rings. The van der Waals surface area contributed by atoms with Crippen LogP contribution >= 0.6 is 11.6 Å². The third kappa shape index (κ3) is 9.87. The number of halogens is 1. The van der Waals surface area contributed by atoms with Crippen molar-refractivity contribution in [1.82, 2.24) is 14.6 Å². The van der Waals surface area contributed by atoms with Crippen LogP contribution in [0.1, 0.15) is 45.0 Å². The molecule has 34 heavy (non-hydrogen) atoms. The van der Waals surface area contributed by atoms with Crippen molar-refractivity contribution in [2.45, 2.75) is 40.7 Å². The van der Waals surface area contributed by atoms with Crippen LogP contribution in [0.4, 0.5) is 5.69 Å². The normalized spacial score (nSPS) is 12.0. The first-order valence-electron chi connectivity index (χ1n) is 11.2. The second-order valence-corrected chi connectivity index (χ2v) is 11.8. The summed E-state index contributed by atoms with van der Waals surface area (Å²) in [6.07, 6.45) is 3.40. The van der Waals surface area contributed by atoms with Crippen molar-refractivity contribution in [3.05, 3.63) is 53.3 Å². The van der Waals surface area contributed by atoms with Crippen LogP contribution in [0.25, 0.3) is 0 Å². The van der Waals surface area contributed by atoms with E-state index in [9.17, 15) is 13.2 Å². The van der Waals surface area contributed by atoms with Gasteiger partial charge in [0.25, 0.3) is 5.91 Å². The van der Waals surface area contributed by atoms with Gasteiger partial charge in [0.2, 0.25) is 10.0 Å². The van der Waals surface area contributed by atoms with Crippen molar-refractivity contribution < 1.29 is 17.9 Å².